The molecule has 5 rings (SSSR count). The van der Waals surface area contributed by atoms with E-state index in [1.807, 2.05) is 15.5 Å². The van der Waals surface area contributed by atoms with Gasteiger partial charge in [0.25, 0.3) is 11.5 Å². The van der Waals surface area contributed by atoms with Gasteiger partial charge in [-0.3, -0.25) is 14.5 Å². The first kappa shape index (κ1) is 19.3. The van der Waals surface area contributed by atoms with E-state index >= 15 is 0 Å². The molecule has 1 aromatic rings. The second kappa shape index (κ2) is 7.55. The molecule has 1 N–H and O–H groups in total. The van der Waals surface area contributed by atoms with Crippen LogP contribution in [0.15, 0.2) is 16.9 Å². The number of aliphatic hydroxyl groups is 1. The van der Waals surface area contributed by atoms with Crippen LogP contribution in [0.4, 0.5) is 0 Å². The van der Waals surface area contributed by atoms with Crippen molar-refractivity contribution >= 4 is 5.91 Å². The second-order valence-electron chi connectivity index (χ2n) is 9.78. The molecule has 1 aliphatic carbocycles. The number of hydrogen-bond donors (Lipinski definition) is 1. The molecule has 2 bridgehead atoms. The average Bonchev–Trinajstić information content (AvgIpc) is 3.18. The van der Waals surface area contributed by atoms with E-state index in [1.54, 1.807) is 0 Å². The molecule has 158 valence electrons. The Labute approximate surface area is 172 Å². The van der Waals surface area contributed by atoms with Crippen LogP contribution in [0.1, 0.15) is 68.5 Å². The summed E-state index contributed by atoms with van der Waals surface area (Å²) in [6.45, 7) is 4.92. The molecule has 3 fully saturated rings. The molecule has 0 spiro atoms. The van der Waals surface area contributed by atoms with Gasteiger partial charge in [0, 0.05) is 43.4 Å². The zero-order chi connectivity index (χ0) is 20.0. The van der Waals surface area contributed by atoms with E-state index in [0.717, 1.165) is 50.2 Å². The van der Waals surface area contributed by atoms with E-state index < -0.39 is 5.60 Å². The molecule has 1 saturated carbocycles. The molecule has 1 aromatic heterocycles. The van der Waals surface area contributed by atoms with E-state index in [0.29, 0.717) is 38.4 Å². The molecule has 3 aliphatic heterocycles. The van der Waals surface area contributed by atoms with E-state index in [-0.39, 0.29) is 17.4 Å². The van der Waals surface area contributed by atoms with Crippen molar-refractivity contribution in [3.8, 4) is 0 Å². The van der Waals surface area contributed by atoms with Crippen molar-refractivity contribution in [2.24, 2.45) is 5.92 Å². The molecular weight excluding hydrogens is 366 g/mol. The number of fused-ring (bicyclic) bond motifs is 4. The number of likely N-dealkylation sites (tertiary alicyclic amines) is 2. The third-order valence-electron chi connectivity index (χ3n) is 7.64. The van der Waals surface area contributed by atoms with Gasteiger partial charge in [-0.2, -0.15) is 0 Å². The number of hydrogen-bond acceptors (Lipinski definition) is 4. The van der Waals surface area contributed by atoms with Crippen molar-refractivity contribution in [2.45, 2.75) is 76.0 Å². The lowest BCUT2D eigenvalue weighted by Gasteiger charge is -2.44. The third-order valence-corrected chi connectivity index (χ3v) is 7.64. The molecule has 0 unspecified atom stereocenters. The number of aromatic nitrogens is 1. The van der Waals surface area contributed by atoms with Crippen LogP contribution in [0, 0.1) is 5.92 Å². The largest absolute Gasteiger partial charge is 0.380 e. The van der Waals surface area contributed by atoms with Gasteiger partial charge in [0.05, 0.1) is 0 Å². The zero-order valence-electron chi connectivity index (χ0n) is 17.3. The highest BCUT2D eigenvalue weighted by atomic mass is 16.3. The minimum absolute atomic E-state index is 0.0813. The van der Waals surface area contributed by atoms with Crippen molar-refractivity contribution in [1.82, 2.24) is 14.4 Å². The first-order valence-corrected chi connectivity index (χ1v) is 11.5. The summed E-state index contributed by atoms with van der Waals surface area (Å²) in [4.78, 5) is 30.5. The van der Waals surface area contributed by atoms with Gasteiger partial charge in [0.15, 0.2) is 0 Å². The summed E-state index contributed by atoms with van der Waals surface area (Å²) >= 11 is 0. The van der Waals surface area contributed by atoms with Crippen LogP contribution in [-0.2, 0) is 17.9 Å². The Morgan fingerprint density at radius 2 is 1.79 bits per heavy atom. The van der Waals surface area contributed by atoms with Crippen molar-refractivity contribution < 1.29 is 9.90 Å². The Morgan fingerprint density at radius 1 is 1.03 bits per heavy atom. The van der Waals surface area contributed by atoms with E-state index in [4.69, 9.17) is 0 Å². The first-order chi connectivity index (χ1) is 14.0. The normalized spacial score (nSPS) is 28.9. The summed E-state index contributed by atoms with van der Waals surface area (Å²) in [5.41, 5.74) is 0.995. The Morgan fingerprint density at radius 3 is 2.55 bits per heavy atom. The molecule has 4 aliphatic rings. The van der Waals surface area contributed by atoms with Crippen LogP contribution in [-0.4, -0.2) is 57.2 Å². The molecule has 6 heteroatoms. The standard InChI is InChI=1S/C23H33N3O3/c27-21-18(15-24-10-4-1-5-11-24)6-7-20-19-12-17(14-26(20)21)13-25(16-19)22(28)23(29)8-2-3-9-23/h6-7,17,19,29H,1-5,8-16H2/t17-,19+/m0/s1. The van der Waals surface area contributed by atoms with E-state index in [9.17, 15) is 14.7 Å². The summed E-state index contributed by atoms with van der Waals surface area (Å²) in [5.74, 6) is 0.425. The lowest BCUT2D eigenvalue weighted by atomic mass is 9.82. The van der Waals surface area contributed by atoms with Crippen LogP contribution in [0.3, 0.4) is 0 Å². The SMILES string of the molecule is O=C(N1C[C@@H]2C[C@H](C1)c1ccc(CN3CCCCC3)c(=O)n1C2)C1(O)CCCC1. The summed E-state index contributed by atoms with van der Waals surface area (Å²) < 4.78 is 1.99. The van der Waals surface area contributed by atoms with Gasteiger partial charge in [-0.25, -0.2) is 0 Å². The maximum atomic E-state index is 13.2. The lowest BCUT2D eigenvalue weighted by Crippen LogP contribution is -2.55. The van der Waals surface area contributed by atoms with Crippen LogP contribution in [0.25, 0.3) is 0 Å². The van der Waals surface area contributed by atoms with Gasteiger partial charge in [0.1, 0.15) is 5.60 Å². The Hall–Kier alpha value is -1.66. The molecule has 6 nitrogen and oxygen atoms in total. The molecular formula is C23H33N3O3. The highest BCUT2D eigenvalue weighted by Crippen LogP contribution is 2.38. The smallest absolute Gasteiger partial charge is 0.255 e. The highest BCUT2D eigenvalue weighted by molar-refractivity contribution is 5.85. The first-order valence-electron chi connectivity index (χ1n) is 11.5. The van der Waals surface area contributed by atoms with Gasteiger partial charge < -0.3 is 14.6 Å². The number of carbonyl (C=O) groups is 1. The molecule has 4 heterocycles. The molecule has 0 radical (unpaired) electrons. The Balaban J connectivity index is 1.36. The number of rotatable bonds is 3. The fourth-order valence-electron chi connectivity index (χ4n) is 6.10. The van der Waals surface area contributed by atoms with Gasteiger partial charge in [-0.1, -0.05) is 12.5 Å². The van der Waals surface area contributed by atoms with Gasteiger partial charge >= 0.3 is 0 Å². The monoisotopic (exact) mass is 399 g/mol. The van der Waals surface area contributed by atoms with Crippen molar-refractivity contribution in [3.63, 3.8) is 0 Å². The van der Waals surface area contributed by atoms with Crippen LogP contribution >= 0.6 is 0 Å². The summed E-state index contributed by atoms with van der Waals surface area (Å²) in [6.07, 6.45) is 7.84. The highest BCUT2D eigenvalue weighted by Gasteiger charge is 2.45. The molecule has 2 atom stereocenters. The van der Waals surface area contributed by atoms with E-state index in [2.05, 4.69) is 11.0 Å². The number of piperidine rings is 2. The lowest BCUT2D eigenvalue weighted by molar-refractivity contribution is -0.153. The van der Waals surface area contributed by atoms with E-state index in [1.165, 1.54) is 19.3 Å². The minimum Gasteiger partial charge on any atom is -0.380 e. The molecule has 29 heavy (non-hydrogen) atoms. The number of amides is 1. The predicted octanol–water partition coefficient (Wildman–Crippen LogP) is 2.08. The third kappa shape index (κ3) is 3.55. The molecule has 0 aromatic carbocycles. The quantitative estimate of drug-likeness (QED) is 0.845. The van der Waals surface area contributed by atoms with Crippen molar-refractivity contribution in [2.75, 3.05) is 26.2 Å². The van der Waals surface area contributed by atoms with Crippen LogP contribution < -0.4 is 5.56 Å². The Kier molecular flexibility index (Phi) is 5.03. The van der Waals surface area contributed by atoms with Crippen molar-refractivity contribution in [1.29, 1.82) is 0 Å². The maximum absolute atomic E-state index is 13.2. The second-order valence-corrected chi connectivity index (χ2v) is 9.78. The number of pyridine rings is 1. The predicted molar refractivity (Wildman–Crippen MR) is 111 cm³/mol. The fourth-order valence-corrected chi connectivity index (χ4v) is 6.10. The van der Waals surface area contributed by atoms with Gasteiger partial charge in [0.2, 0.25) is 0 Å². The van der Waals surface area contributed by atoms with Crippen LogP contribution in [0.5, 0.6) is 0 Å². The average molecular weight is 400 g/mol. The van der Waals surface area contributed by atoms with Crippen molar-refractivity contribution in [3.05, 3.63) is 33.7 Å². The summed E-state index contributed by atoms with van der Waals surface area (Å²) in [6, 6.07) is 4.15. The number of carbonyl (C=O) groups excluding carboxylic acids is 1. The van der Waals surface area contributed by atoms with Crippen LogP contribution in [0.2, 0.25) is 0 Å². The molecule has 1 amide bonds. The fraction of sp³-hybridized carbons (Fsp3) is 0.739. The van der Waals surface area contributed by atoms with Gasteiger partial charge in [-0.15, -0.1) is 0 Å². The zero-order valence-corrected chi connectivity index (χ0v) is 17.3. The maximum Gasteiger partial charge on any atom is 0.255 e. The Bertz CT molecular complexity index is 836. The topological polar surface area (TPSA) is 65.8 Å². The summed E-state index contributed by atoms with van der Waals surface area (Å²) in [5, 5.41) is 10.8. The number of nitrogens with zero attached hydrogens (tertiary/aromatic N) is 3. The molecule has 2 saturated heterocycles. The van der Waals surface area contributed by atoms with Gasteiger partial charge in [-0.05, 0) is 70.0 Å². The minimum atomic E-state index is -1.15. The summed E-state index contributed by atoms with van der Waals surface area (Å²) in [7, 11) is 0.